The van der Waals surface area contributed by atoms with Gasteiger partial charge in [0.1, 0.15) is 11.4 Å². The molecule has 2 fully saturated rings. The summed E-state index contributed by atoms with van der Waals surface area (Å²) in [6.45, 7) is 13.4. The number of piperidine rings is 1. The number of ether oxygens (including phenoxy) is 2. The summed E-state index contributed by atoms with van der Waals surface area (Å²) in [5.41, 5.74) is -0.513. The van der Waals surface area contributed by atoms with E-state index >= 15 is 0 Å². The maximum atomic E-state index is 12.0. The van der Waals surface area contributed by atoms with Gasteiger partial charge in [0.2, 0.25) is 5.95 Å². The van der Waals surface area contributed by atoms with Crippen LogP contribution in [0.2, 0.25) is 0 Å². The molecule has 1 aromatic carbocycles. The summed E-state index contributed by atoms with van der Waals surface area (Å²) in [7, 11) is 0. The number of amides is 1. The number of hydrogen-bond acceptors (Lipinski definition) is 10. The van der Waals surface area contributed by atoms with Crippen LogP contribution in [0.3, 0.4) is 0 Å². The lowest BCUT2D eigenvalue weighted by Crippen LogP contribution is -2.40. The van der Waals surface area contributed by atoms with E-state index in [9.17, 15) is 18.0 Å². The number of alkyl carbamates (subject to hydrolysis) is 1. The highest BCUT2D eigenvalue weighted by atomic mass is 19.2. The molecule has 44 heavy (non-hydrogen) atoms. The summed E-state index contributed by atoms with van der Waals surface area (Å²) in [4.78, 5) is 29.7. The quantitative estimate of drug-likeness (QED) is 0.340. The number of nitrogens with one attached hydrogen (secondary N) is 1. The predicted octanol–water partition coefficient (Wildman–Crippen LogP) is 5.49. The molecule has 2 aliphatic rings. The van der Waals surface area contributed by atoms with E-state index in [0.717, 1.165) is 56.9 Å². The molecule has 11 nitrogen and oxygen atoms in total. The van der Waals surface area contributed by atoms with Crippen LogP contribution in [0.25, 0.3) is 0 Å². The number of nitrogens with zero attached hydrogens (tertiary/aromatic N) is 6. The van der Waals surface area contributed by atoms with Crippen LogP contribution in [0.4, 0.5) is 29.9 Å². The Morgan fingerprint density at radius 1 is 1.07 bits per heavy atom. The van der Waals surface area contributed by atoms with E-state index in [0.29, 0.717) is 42.8 Å². The summed E-state index contributed by atoms with van der Waals surface area (Å²) >= 11 is 0. The molecule has 240 valence electrons. The first kappa shape index (κ1) is 32.8. The molecule has 5 rings (SSSR count). The molecule has 0 bridgehead atoms. The van der Waals surface area contributed by atoms with Crippen molar-refractivity contribution in [1.82, 2.24) is 25.4 Å². The lowest BCUT2D eigenvalue weighted by molar-refractivity contribution is 0.0509. The minimum absolute atomic E-state index is 0.00842. The standard InChI is InChI=1S/C24H37N7O4.C6H3F3/c1-16(2)20-28-22(35-29-20)31-9-6-7-17(13-31)15-33-19-11-25-21(26-12-19)30-10-8-18(14-30)27-23(32)34-24(3,4)5;7-4-1-2-5(8)6(9)3-4/h11-12,16-18H,6-10,13-15H2,1-5H3,(H,27,32);1-3H. The third kappa shape index (κ3) is 9.71. The van der Waals surface area contributed by atoms with Gasteiger partial charge in [0.05, 0.1) is 25.0 Å². The van der Waals surface area contributed by atoms with Crippen LogP contribution in [0, 0.1) is 23.4 Å². The molecule has 0 radical (unpaired) electrons. The van der Waals surface area contributed by atoms with Gasteiger partial charge >= 0.3 is 12.1 Å². The second kappa shape index (κ2) is 14.6. The molecule has 14 heteroatoms. The molecule has 2 aromatic heterocycles. The second-order valence-electron chi connectivity index (χ2n) is 12.2. The Hall–Kier alpha value is -4.10. The molecule has 2 saturated heterocycles. The SMILES string of the molecule is CC(C)c1noc(N2CCCC(COc3cnc(N4CCC(NC(=O)OC(C)(C)C)C4)nc3)C2)n1.Fc1ccc(F)c(F)c1. The van der Waals surface area contributed by atoms with Crippen LogP contribution in [0.1, 0.15) is 65.6 Å². The Labute approximate surface area is 255 Å². The van der Waals surface area contributed by atoms with Crippen LogP contribution < -0.4 is 19.9 Å². The second-order valence-corrected chi connectivity index (χ2v) is 12.2. The number of aromatic nitrogens is 4. The van der Waals surface area contributed by atoms with Crippen molar-refractivity contribution in [3.63, 3.8) is 0 Å². The molecule has 3 aromatic rings. The molecule has 0 aliphatic carbocycles. The maximum absolute atomic E-state index is 12.0. The monoisotopic (exact) mass is 619 g/mol. The predicted molar refractivity (Wildman–Crippen MR) is 157 cm³/mol. The summed E-state index contributed by atoms with van der Waals surface area (Å²) in [6.07, 6.45) is 5.98. The molecule has 1 N–H and O–H groups in total. The smallest absolute Gasteiger partial charge is 0.407 e. The van der Waals surface area contributed by atoms with Gasteiger partial charge in [0.25, 0.3) is 0 Å². The van der Waals surface area contributed by atoms with Gasteiger partial charge in [-0.3, -0.25) is 0 Å². The number of hydrogen-bond donors (Lipinski definition) is 1. The van der Waals surface area contributed by atoms with Crippen molar-refractivity contribution in [2.24, 2.45) is 5.92 Å². The Kier molecular flexibility index (Phi) is 10.9. The zero-order chi connectivity index (χ0) is 31.9. The minimum Gasteiger partial charge on any atom is -0.490 e. The topological polar surface area (TPSA) is 119 Å². The Morgan fingerprint density at radius 3 is 2.45 bits per heavy atom. The maximum Gasteiger partial charge on any atom is 0.407 e. The average molecular weight is 620 g/mol. The van der Waals surface area contributed by atoms with Crippen molar-refractivity contribution < 1.29 is 32.0 Å². The van der Waals surface area contributed by atoms with Crippen molar-refractivity contribution in [3.8, 4) is 5.75 Å². The van der Waals surface area contributed by atoms with Gasteiger partial charge in [-0.15, -0.1) is 0 Å². The van der Waals surface area contributed by atoms with Crippen molar-refractivity contribution in [2.75, 3.05) is 42.6 Å². The first-order valence-electron chi connectivity index (χ1n) is 14.7. The summed E-state index contributed by atoms with van der Waals surface area (Å²) < 4.78 is 52.7. The van der Waals surface area contributed by atoms with Gasteiger partial charge in [-0.2, -0.15) is 4.98 Å². The van der Waals surface area contributed by atoms with E-state index in [2.05, 4.69) is 49.1 Å². The van der Waals surface area contributed by atoms with Crippen LogP contribution in [-0.2, 0) is 4.74 Å². The highest BCUT2D eigenvalue weighted by Gasteiger charge is 2.28. The first-order valence-corrected chi connectivity index (χ1v) is 14.7. The number of carbonyl (C=O) groups excluding carboxylic acids is 1. The van der Waals surface area contributed by atoms with Crippen molar-refractivity contribution >= 4 is 18.1 Å². The minimum atomic E-state index is -1.16. The summed E-state index contributed by atoms with van der Waals surface area (Å²) in [5.74, 6) is -0.343. The Bertz CT molecular complexity index is 1370. The highest BCUT2D eigenvalue weighted by molar-refractivity contribution is 5.68. The third-order valence-corrected chi connectivity index (χ3v) is 6.91. The molecule has 0 saturated carbocycles. The van der Waals surface area contributed by atoms with Crippen LogP contribution in [0.5, 0.6) is 5.75 Å². The van der Waals surface area contributed by atoms with E-state index in [4.69, 9.17) is 14.0 Å². The molecular weight excluding hydrogens is 579 g/mol. The fourth-order valence-electron chi connectivity index (χ4n) is 4.73. The van der Waals surface area contributed by atoms with Crippen molar-refractivity contribution in [3.05, 3.63) is 53.9 Å². The molecule has 0 spiro atoms. The molecule has 4 heterocycles. The Balaban J connectivity index is 0.000000421. The van der Waals surface area contributed by atoms with Gasteiger partial charge in [0, 0.05) is 44.1 Å². The van der Waals surface area contributed by atoms with E-state index < -0.39 is 29.1 Å². The van der Waals surface area contributed by atoms with Gasteiger partial charge in [-0.25, -0.2) is 27.9 Å². The lowest BCUT2D eigenvalue weighted by Gasteiger charge is -2.31. The van der Waals surface area contributed by atoms with Gasteiger partial charge in [-0.1, -0.05) is 19.0 Å². The largest absolute Gasteiger partial charge is 0.490 e. The molecule has 2 atom stereocenters. The van der Waals surface area contributed by atoms with E-state index in [-0.39, 0.29) is 12.0 Å². The summed E-state index contributed by atoms with van der Waals surface area (Å²) in [5, 5.41) is 7.00. The fraction of sp³-hybridized carbons (Fsp3) is 0.567. The number of halogens is 3. The third-order valence-electron chi connectivity index (χ3n) is 6.91. The molecule has 2 unspecified atom stereocenters. The van der Waals surface area contributed by atoms with Crippen LogP contribution in [-0.4, -0.2) is 70.6 Å². The van der Waals surface area contributed by atoms with Gasteiger partial charge in [-0.05, 0) is 52.2 Å². The lowest BCUT2D eigenvalue weighted by atomic mass is 9.99. The Morgan fingerprint density at radius 2 is 1.82 bits per heavy atom. The fourth-order valence-corrected chi connectivity index (χ4v) is 4.73. The van der Waals surface area contributed by atoms with E-state index in [1.54, 1.807) is 12.4 Å². The highest BCUT2D eigenvalue weighted by Crippen LogP contribution is 2.25. The van der Waals surface area contributed by atoms with E-state index in [1.807, 2.05) is 20.8 Å². The molecular formula is C30H40F3N7O4. The zero-order valence-electron chi connectivity index (χ0n) is 25.7. The summed E-state index contributed by atoms with van der Waals surface area (Å²) in [6, 6.07) is 2.70. The normalized spacial score (nSPS) is 18.6. The average Bonchev–Trinajstić information content (AvgIpc) is 3.65. The first-order chi connectivity index (χ1) is 20.9. The van der Waals surface area contributed by atoms with Crippen molar-refractivity contribution in [2.45, 2.75) is 71.4 Å². The van der Waals surface area contributed by atoms with E-state index in [1.165, 1.54) is 0 Å². The van der Waals surface area contributed by atoms with Crippen LogP contribution in [0.15, 0.2) is 35.1 Å². The van der Waals surface area contributed by atoms with Crippen molar-refractivity contribution in [1.29, 1.82) is 0 Å². The van der Waals surface area contributed by atoms with Gasteiger partial charge < -0.3 is 29.1 Å². The van der Waals surface area contributed by atoms with Crippen LogP contribution >= 0.6 is 0 Å². The molecule has 1 amide bonds. The number of rotatable bonds is 7. The molecule has 2 aliphatic heterocycles. The zero-order valence-corrected chi connectivity index (χ0v) is 25.7. The number of carbonyl (C=O) groups is 1. The number of benzene rings is 1. The number of anilines is 2. The van der Waals surface area contributed by atoms with Gasteiger partial charge in [0.15, 0.2) is 23.2 Å².